The second kappa shape index (κ2) is 3.63. The molecule has 0 amide bonds. The number of rotatable bonds is 1. The van der Waals surface area contributed by atoms with Crippen LogP contribution in [0.4, 0.5) is 4.39 Å². The second-order valence-electron chi connectivity index (χ2n) is 2.56. The van der Waals surface area contributed by atoms with Gasteiger partial charge in [-0.3, -0.25) is 0 Å². The smallest absolute Gasteiger partial charge is 0.254 e. The summed E-state index contributed by atoms with van der Waals surface area (Å²) >= 11 is 0. The minimum absolute atomic E-state index is 0.627. The molecule has 0 unspecified atom stereocenters. The first-order chi connectivity index (χ1) is 5.57. The Morgan fingerprint density at radius 1 is 1.42 bits per heavy atom. The van der Waals surface area contributed by atoms with Gasteiger partial charge in [0.1, 0.15) is 18.3 Å². The Hall–Kier alpha value is -0.270. The highest BCUT2D eigenvalue weighted by molar-refractivity contribution is 4.95. The van der Waals surface area contributed by atoms with Gasteiger partial charge in [-0.25, -0.2) is 4.39 Å². The van der Waals surface area contributed by atoms with Gasteiger partial charge in [-0.15, -0.1) is 0 Å². The molecule has 0 aromatic carbocycles. The molecule has 5 nitrogen and oxygen atoms in total. The van der Waals surface area contributed by atoms with Crippen LogP contribution in [-0.2, 0) is 4.74 Å². The lowest BCUT2D eigenvalue weighted by molar-refractivity contribution is -0.214. The molecule has 0 saturated carbocycles. The standard InChI is InChI=1S/C6H10FO5/c7-3-4(9)2(1-8)12-6(11)5(3)10/h2-5,8-11H,1H2/t2-,3+,4-,5-/m1/s1/i6+1. The zero-order valence-electron chi connectivity index (χ0n) is 6.09. The van der Waals surface area contributed by atoms with Crippen molar-refractivity contribution in [2.45, 2.75) is 24.5 Å². The average molecular weight is 182 g/mol. The van der Waals surface area contributed by atoms with Crippen molar-refractivity contribution in [3.05, 3.63) is 6.29 Å². The van der Waals surface area contributed by atoms with E-state index in [1.54, 1.807) is 0 Å². The molecule has 0 bridgehead atoms. The molecule has 1 rings (SSSR count). The summed E-state index contributed by atoms with van der Waals surface area (Å²) in [6, 6.07) is 0. The van der Waals surface area contributed by atoms with Gasteiger partial charge in [0.25, 0.3) is 6.29 Å². The molecule has 0 spiro atoms. The van der Waals surface area contributed by atoms with Crippen molar-refractivity contribution in [1.82, 2.24) is 0 Å². The van der Waals surface area contributed by atoms with Crippen molar-refractivity contribution in [3.8, 4) is 0 Å². The summed E-state index contributed by atoms with van der Waals surface area (Å²) in [5, 5.41) is 35.1. The Bertz CT molecular complexity index is 150. The van der Waals surface area contributed by atoms with Crippen LogP contribution < -0.4 is 0 Å². The summed E-state index contributed by atoms with van der Waals surface area (Å²) in [6.07, 6.45) is -7.63. The van der Waals surface area contributed by atoms with E-state index in [9.17, 15) is 4.39 Å². The number of halogens is 1. The lowest BCUT2D eigenvalue weighted by Gasteiger charge is -2.35. The Morgan fingerprint density at radius 2 is 2.00 bits per heavy atom. The van der Waals surface area contributed by atoms with Crippen LogP contribution in [0.5, 0.6) is 0 Å². The van der Waals surface area contributed by atoms with Crippen LogP contribution in [0.15, 0.2) is 0 Å². The lowest BCUT2D eigenvalue weighted by atomic mass is 10.1. The predicted octanol–water partition coefficient (Wildman–Crippen LogP) is -1.70. The Balaban J connectivity index is 2.63. The lowest BCUT2D eigenvalue weighted by Crippen LogP contribution is -2.53. The van der Waals surface area contributed by atoms with Crippen molar-refractivity contribution in [3.63, 3.8) is 0 Å². The molecule has 0 aliphatic carbocycles. The second-order valence-corrected chi connectivity index (χ2v) is 2.56. The highest BCUT2D eigenvalue weighted by atomic mass is 19.1. The zero-order chi connectivity index (χ0) is 9.30. The summed E-state index contributed by atoms with van der Waals surface area (Å²) in [7, 11) is 0. The maximum Gasteiger partial charge on any atom is 0.254 e. The molecular weight excluding hydrogens is 172 g/mol. The molecule has 1 saturated heterocycles. The highest BCUT2D eigenvalue weighted by Crippen LogP contribution is 2.25. The molecule has 1 radical (unpaired) electrons. The molecule has 4 N–H and O–H groups in total. The van der Waals surface area contributed by atoms with Crippen molar-refractivity contribution in [2.75, 3.05) is 6.61 Å². The summed E-state index contributed by atoms with van der Waals surface area (Å²) in [5.74, 6) is 0. The van der Waals surface area contributed by atoms with Gasteiger partial charge in [-0.1, -0.05) is 0 Å². The quantitative estimate of drug-likeness (QED) is 0.363. The van der Waals surface area contributed by atoms with E-state index in [-0.39, 0.29) is 0 Å². The highest BCUT2D eigenvalue weighted by Gasteiger charge is 2.45. The number of aliphatic hydroxyl groups is 4. The van der Waals surface area contributed by atoms with Crippen LogP contribution in [-0.4, -0.2) is 51.5 Å². The molecular formula is C6H10FO5. The fraction of sp³-hybridized carbons (Fsp3) is 0.833. The fourth-order valence-electron chi connectivity index (χ4n) is 0.968. The normalized spacial score (nSPS) is 44.8. The largest absolute Gasteiger partial charge is 0.394 e. The minimum atomic E-state index is -2.03. The van der Waals surface area contributed by atoms with Gasteiger partial charge in [0.05, 0.1) is 6.61 Å². The fourth-order valence-corrected chi connectivity index (χ4v) is 0.968. The molecule has 1 heterocycles. The first-order valence-electron chi connectivity index (χ1n) is 3.41. The van der Waals surface area contributed by atoms with Gasteiger partial charge >= 0.3 is 0 Å². The van der Waals surface area contributed by atoms with Gasteiger partial charge in [0, 0.05) is 0 Å². The SMILES string of the molecule is OC[C@H]1O[13C](O)[C@H](O)[C@@H](F)[C@@H]1O. The third-order valence-electron chi connectivity index (χ3n) is 1.71. The number of ether oxygens (including phenoxy) is 1. The van der Waals surface area contributed by atoms with E-state index in [1.807, 2.05) is 0 Å². The van der Waals surface area contributed by atoms with Gasteiger partial charge in [-0.05, 0) is 0 Å². The van der Waals surface area contributed by atoms with E-state index in [0.717, 1.165) is 0 Å². The third-order valence-corrected chi connectivity index (χ3v) is 1.71. The van der Waals surface area contributed by atoms with Gasteiger partial charge < -0.3 is 25.2 Å². The molecule has 1 aliphatic rings. The monoisotopic (exact) mass is 182 g/mol. The van der Waals surface area contributed by atoms with Crippen LogP contribution in [0.2, 0.25) is 0 Å². The maximum absolute atomic E-state index is 12.8. The van der Waals surface area contributed by atoms with Crippen molar-refractivity contribution >= 4 is 0 Å². The number of hydrogen-bond donors (Lipinski definition) is 4. The van der Waals surface area contributed by atoms with E-state index >= 15 is 0 Å². The molecule has 6 heteroatoms. The van der Waals surface area contributed by atoms with E-state index in [0.29, 0.717) is 0 Å². The molecule has 71 valence electrons. The summed E-state index contributed by atoms with van der Waals surface area (Å²) in [6.45, 7) is -0.627. The number of alkyl halides is 1. The maximum atomic E-state index is 12.8. The molecule has 0 aromatic heterocycles. The van der Waals surface area contributed by atoms with E-state index in [4.69, 9.17) is 20.4 Å². The van der Waals surface area contributed by atoms with E-state index in [1.165, 1.54) is 0 Å². The molecule has 4 atom stereocenters. The van der Waals surface area contributed by atoms with Crippen LogP contribution in [0.3, 0.4) is 0 Å². The first kappa shape index (κ1) is 9.82. The van der Waals surface area contributed by atoms with E-state index in [2.05, 4.69) is 4.74 Å². The average Bonchev–Trinajstić information content (AvgIpc) is 2.08. The number of aliphatic hydroxyl groups excluding tert-OH is 4. The van der Waals surface area contributed by atoms with Crippen LogP contribution >= 0.6 is 0 Å². The zero-order valence-corrected chi connectivity index (χ0v) is 6.09. The van der Waals surface area contributed by atoms with Crippen LogP contribution in [0.25, 0.3) is 0 Å². The minimum Gasteiger partial charge on any atom is -0.394 e. The van der Waals surface area contributed by atoms with Crippen LogP contribution in [0.1, 0.15) is 0 Å². The summed E-state index contributed by atoms with van der Waals surface area (Å²) in [5.41, 5.74) is 0. The van der Waals surface area contributed by atoms with Crippen molar-refractivity contribution in [1.29, 1.82) is 0 Å². The number of hydrogen-bond acceptors (Lipinski definition) is 5. The van der Waals surface area contributed by atoms with E-state index < -0.39 is 37.4 Å². The Labute approximate surface area is 68.0 Å². The van der Waals surface area contributed by atoms with Gasteiger partial charge in [-0.2, -0.15) is 0 Å². The topological polar surface area (TPSA) is 90.2 Å². The predicted molar refractivity (Wildman–Crippen MR) is 34.0 cm³/mol. The molecule has 12 heavy (non-hydrogen) atoms. The first-order valence-corrected chi connectivity index (χ1v) is 3.41. The van der Waals surface area contributed by atoms with Crippen LogP contribution in [0, 0.1) is 6.29 Å². The Kier molecular flexibility index (Phi) is 2.97. The third kappa shape index (κ3) is 1.57. The molecule has 0 aromatic rings. The van der Waals surface area contributed by atoms with Crippen molar-refractivity contribution < 1.29 is 29.6 Å². The molecule has 1 aliphatic heterocycles. The summed E-state index contributed by atoms with van der Waals surface area (Å²) in [4.78, 5) is 0. The summed E-state index contributed by atoms with van der Waals surface area (Å²) < 4.78 is 17.2. The Morgan fingerprint density at radius 3 is 2.50 bits per heavy atom. The van der Waals surface area contributed by atoms with Gasteiger partial charge in [0.2, 0.25) is 0 Å². The molecule has 1 fully saturated rings. The van der Waals surface area contributed by atoms with Crippen molar-refractivity contribution in [2.24, 2.45) is 0 Å². The van der Waals surface area contributed by atoms with Gasteiger partial charge in [0.15, 0.2) is 6.17 Å².